The van der Waals surface area contributed by atoms with Crippen LogP contribution in [0.25, 0.3) is 22.5 Å². The molecule has 2 aromatic heterocycles. The number of carbonyl (C=O) groups excluding carboxylic acids is 2. The first kappa shape index (κ1) is 29.0. The third-order valence-electron chi connectivity index (χ3n) is 7.70. The van der Waals surface area contributed by atoms with E-state index < -0.39 is 5.25 Å². The molecule has 0 bridgehead atoms. The summed E-state index contributed by atoms with van der Waals surface area (Å²) in [5, 5.41) is 3.84. The number of carbonyl (C=O) groups is 2. The molecule has 8 heteroatoms. The summed E-state index contributed by atoms with van der Waals surface area (Å²) in [6.07, 6.45) is 2.57. The van der Waals surface area contributed by atoms with Crippen LogP contribution in [0.4, 0.5) is 5.00 Å². The van der Waals surface area contributed by atoms with Gasteiger partial charge in [0.1, 0.15) is 5.00 Å². The Morgan fingerprint density at radius 3 is 2.33 bits per heavy atom. The van der Waals surface area contributed by atoms with E-state index >= 15 is 0 Å². The highest BCUT2D eigenvalue weighted by atomic mass is 32.2. The molecule has 1 aliphatic rings. The van der Waals surface area contributed by atoms with Crippen LogP contribution < -0.4 is 5.32 Å². The van der Waals surface area contributed by atoms with Gasteiger partial charge in [-0.2, -0.15) is 0 Å². The van der Waals surface area contributed by atoms with E-state index in [1.54, 1.807) is 6.92 Å². The Balaban J connectivity index is 1.24. The van der Waals surface area contributed by atoms with E-state index in [9.17, 15) is 9.59 Å². The van der Waals surface area contributed by atoms with Crippen molar-refractivity contribution in [1.82, 2.24) is 9.97 Å². The number of nitrogens with zero attached hydrogens (tertiary/aromatic N) is 1. The van der Waals surface area contributed by atoms with Crippen LogP contribution in [-0.2, 0) is 22.4 Å². The van der Waals surface area contributed by atoms with E-state index in [1.165, 1.54) is 28.7 Å². The van der Waals surface area contributed by atoms with Crippen molar-refractivity contribution < 1.29 is 14.3 Å². The van der Waals surface area contributed by atoms with Gasteiger partial charge in [-0.1, -0.05) is 103 Å². The molecule has 6 rings (SSSR count). The number of benzene rings is 3. The van der Waals surface area contributed by atoms with Crippen LogP contribution in [-0.4, -0.2) is 33.7 Å². The lowest BCUT2D eigenvalue weighted by molar-refractivity contribution is -0.115. The van der Waals surface area contributed by atoms with Crippen LogP contribution in [0.15, 0.2) is 96.2 Å². The van der Waals surface area contributed by atoms with Crippen LogP contribution in [0.2, 0.25) is 0 Å². The Kier molecular flexibility index (Phi) is 8.77. The zero-order valence-corrected chi connectivity index (χ0v) is 25.8. The maximum Gasteiger partial charge on any atom is 0.341 e. The van der Waals surface area contributed by atoms with Crippen molar-refractivity contribution in [1.29, 1.82) is 0 Å². The second-order valence-corrected chi connectivity index (χ2v) is 13.0. The lowest BCUT2D eigenvalue weighted by Crippen LogP contribution is -2.23. The van der Waals surface area contributed by atoms with Crippen LogP contribution in [0, 0.1) is 0 Å². The molecule has 0 radical (unpaired) electrons. The smallest absolute Gasteiger partial charge is 0.341 e. The molecule has 6 nitrogen and oxygen atoms in total. The highest BCUT2D eigenvalue weighted by Crippen LogP contribution is 2.43. The SMILES string of the molecule is CCOC(=O)c1c(NC(=O)C(C)Sc2nc(-c3ccccc3)c(-c3ccccc3)[nH]2)sc2c1CCC(c1ccccc1)C2. The standard InChI is InChI=1S/C35H33N3O3S2/c1-3-41-34(40)29-27-20-19-26(23-13-7-4-8-14-23)21-28(27)43-33(29)38-32(39)22(2)42-35-36-30(24-15-9-5-10-16-24)31(37-35)25-17-11-6-12-18-25/h4-18,22,26H,3,19-21H2,1-2H3,(H,36,37)(H,38,39). The highest BCUT2D eigenvalue weighted by Gasteiger charge is 2.31. The molecule has 0 saturated carbocycles. The molecule has 0 aliphatic heterocycles. The predicted octanol–water partition coefficient (Wildman–Crippen LogP) is 8.37. The molecule has 2 unspecified atom stereocenters. The van der Waals surface area contributed by atoms with Crippen molar-refractivity contribution in [2.24, 2.45) is 0 Å². The number of hydrogen-bond donors (Lipinski definition) is 2. The van der Waals surface area contributed by atoms with Crippen molar-refractivity contribution >= 4 is 40.0 Å². The molecule has 0 saturated heterocycles. The molecule has 2 N–H and O–H groups in total. The quantitative estimate of drug-likeness (QED) is 0.130. The summed E-state index contributed by atoms with van der Waals surface area (Å²) in [7, 11) is 0. The number of esters is 1. The monoisotopic (exact) mass is 607 g/mol. The molecule has 1 amide bonds. The van der Waals surface area contributed by atoms with Gasteiger partial charge in [0, 0.05) is 16.0 Å². The number of rotatable bonds is 9. The largest absolute Gasteiger partial charge is 0.462 e. The van der Waals surface area contributed by atoms with Crippen LogP contribution >= 0.6 is 23.1 Å². The normalized spacial score (nSPS) is 15.0. The molecular formula is C35H33N3O3S2. The Hall–Kier alpha value is -4.14. The molecule has 2 atom stereocenters. The lowest BCUT2D eigenvalue weighted by Gasteiger charge is -2.23. The number of ether oxygens (including phenoxy) is 1. The first-order chi connectivity index (χ1) is 21.0. The summed E-state index contributed by atoms with van der Waals surface area (Å²) in [5.74, 6) is -0.176. The first-order valence-corrected chi connectivity index (χ1v) is 16.3. The minimum Gasteiger partial charge on any atom is -0.462 e. The summed E-state index contributed by atoms with van der Waals surface area (Å²) < 4.78 is 5.44. The van der Waals surface area contributed by atoms with E-state index in [1.807, 2.05) is 73.7 Å². The predicted molar refractivity (Wildman–Crippen MR) is 175 cm³/mol. The summed E-state index contributed by atoms with van der Waals surface area (Å²) in [6.45, 7) is 3.94. The molecule has 43 heavy (non-hydrogen) atoms. The van der Waals surface area contributed by atoms with Gasteiger partial charge >= 0.3 is 5.97 Å². The van der Waals surface area contributed by atoms with Gasteiger partial charge < -0.3 is 15.0 Å². The third kappa shape index (κ3) is 6.31. The molecule has 0 spiro atoms. The van der Waals surface area contributed by atoms with Gasteiger partial charge in [0.25, 0.3) is 0 Å². The number of amides is 1. The Morgan fingerprint density at radius 2 is 1.65 bits per heavy atom. The Morgan fingerprint density at radius 1 is 1.00 bits per heavy atom. The zero-order chi connectivity index (χ0) is 29.8. The molecular weight excluding hydrogens is 575 g/mol. The van der Waals surface area contributed by atoms with Crippen LogP contribution in [0.1, 0.15) is 52.5 Å². The number of aromatic amines is 1. The number of hydrogen-bond acceptors (Lipinski definition) is 6. The van der Waals surface area contributed by atoms with Gasteiger partial charge in [-0.3, -0.25) is 4.79 Å². The van der Waals surface area contributed by atoms with Crippen molar-refractivity contribution in [3.05, 3.63) is 113 Å². The number of aromatic nitrogens is 2. The van der Waals surface area contributed by atoms with E-state index in [4.69, 9.17) is 9.72 Å². The second-order valence-electron chi connectivity index (χ2n) is 10.5. The summed E-state index contributed by atoms with van der Waals surface area (Å²) in [4.78, 5) is 36.2. The Labute approximate surface area is 259 Å². The molecule has 1 aliphatic carbocycles. The van der Waals surface area contributed by atoms with Gasteiger partial charge in [-0.05, 0) is 50.2 Å². The molecule has 2 heterocycles. The number of imidazole rings is 1. The average Bonchev–Trinajstić information content (AvgIpc) is 3.63. The van der Waals surface area contributed by atoms with E-state index in [-0.39, 0.29) is 18.5 Å². The van der Waals surface area contributed by atoms with E-state index in [2.05, 4.69) is 34.6 Å². The van der Waals surface area contributed by atoms with Crippen molar-refractivity contribution in [3.8, 4) is 22.5 Å². The summed E-state index contributed by atoms with van der Waals surface area (Å²) in [6, 6.07) is 30.6. The molecule has 218 valence electrons. The van der Waals surface area contributed by atoms with Gasteiger partial charge in [-0.25, -0.2) is 9.78 Å². The lowest BCUT2D eigenvalue weighted by atomic mass is 9.83. The van der Waals surface area contributed by atoms with E-state index in [0.29, 0.717) is 21.6 Å². The number of thiophene rings is 1. The molecule has 0 fully saturated rings. The number of nitrogens with one attached hydrogen (secondary N) is 2. The topological polar surface area (TPSA) is 84.1 Å². The number of anilines is 1. The van der Waals surface area contributed by atoms with Crippen molar-refractivity contribution in [2.75, 3.05) is 11.9 Å². The van der Waals surface area contributed by atoms with Gasteiger partial charge in [-0.15, -0.1) is 11.3 Å². The average molecular weight is 608 g/mol. The zero-order valence-electron chi connectivity index (χ0n) is 24.1. The van der Waals surface area contributed by atoms with Crippen molar-refractivity contribution in [2.45, 2.75) is 49.4 Å². The first-order valence-electron chi connectivity index (χ1n) is 14.6. The fourth-order valence-electron chi connectivity index (χ4n) is 5.56. The number of H-pyrrole nitrogens is 1. The van der Waals surface area contributed by atoms with Crippen LogP contribution in [0.5, 0.6) is 0 Å². The number of thioether (sulfide) groups is 1. The maximum atomic E-state index is 13.6. The Bertz CT molecular complexity index is 1660. The minimum atomic E-state index is -0.468. The fourth-order valence-corrected chi connectivity index (χ4v) is 7.69. The fraction of sp³-hybridized carbons (Fsp3) is 0.229. The summed E-state index contributed by atoms with van der Waals surface area (Å²) in [5.41, 5.74) is 6.59. The van der Waals surface area contributed by atoms with Gasteiger partial charge in [0.2, 0.25) is 5.91 Å². The van der Waals surface area contributed by atoms with Gasteiger partial charge in [0.15, 0.2) is 5.16 Å². The van der Waals surface area contributed by atoms with Crippen LogP contribution in [0.3, 0.4) is 0 Å². The van der Waals surface area contributed by atoms with E-state index in [0.717, 1.165) is 52.2 Å². The summed E-state index contributed by atoms with van der Waals surface area (Å²) >= 11 is 2.86. The maximum absolute atomic E-state index is 13.6. The van der Waals surface area contributed by atoms with Gasteiger partial charge in [0.05, 0.1) is 28.8 Å². The number of fused-ring (bicyclic) bond motifs is 1. The minimum absolute atomic E-state index is 0.187. The molecule has 3 aromatic carbocycles. The highest BCUT2D eigenvalue weighted by molar-refractivity contribution is 8.00. The third-order valence-corrected chi connectivity index (χ3v) is 9.86. The second kappa shape index (κ2) is 13.0. The van der Waals surface area contributed by atoms with Crippen molar-refractivity contribution in [3.63, 3.8) is 0 Å². The molecule has 5 aromatic rings.